The smallest absolute Gasteiger partial charge is 0.420 e. The van der Waals surface area contributed by atoms with Gasteiger partial charge >= 0.3 is 24.1 Å². The molecule has 0 heterocycles. The number of hydrogen-bond donors (Lipinski definition) is 0. The first-order chi connectivity index (χ1) is 12.2. The average Bonchev–Trinajstić information content (AvgIpc) is 2.49. The number of methoxy groups -OCH3 is 2. The zero-order chi connectivity index (χ0) is 21.4. The average molecular weight is 407 g/mol. The molecular formula is C17H29NO8S. The van der Waals surface area contributed by atoms with Gasteiger partial charge in [0.2, 0.25) is 0 Å². The van der Waals surface area contributed by atoms with Crippen LogP contribution in [-0.2, 0) is 28.5 Å². The Hall–Kier alpha value is -1.97. The minimum Gasteiger partial charge on any atom is -0.468 e. The molecule has 0 aromatic rings. The van der Waals surface area contributed by atoms with Crippen molar-refractivity contribution in [1.29, 1.82) is 0 Å². The third-order valence-electron chi connectivity index (χ3n) is 2.69. The Balaban J connectivity index is 5.67. The van der Waals surface area contributed by atoms with E-state index in [-0.39, 0.29) is 11.5 Å². The molecule has 0 fully saturated rings. The topological polar surface area (TPSA) is 108 Å². The third kappa shape index (κ3) is 10.1. The maximum atomic E-state index is 12.6. The van der Waals surface area contributed by atoms with Crippen LogP contribution in [0.1, 0.15) is 41.5 Å². The molecule has 0 aliphatic rings. The van der Waals surface area contributed by atoms with Crippen molar-refractivity contribution in [3.05, 3.63) is 0 Å². The van der Waals surface area contributed by atoms with Gasteiger partial charge in [-0.3, -0.25) is 4.79 Å². The van der Waals surface area contributed by atoms with E-state index in [0.29, 0.717) is 4.90 Å². The molecule has 0 aromatic heterocycles. The molecule has 9 nitrogen and oxygen atoms in total. The fourth-order valence-corrected chi connectivity index (χ4v) is 2.56. The first-order valence-corrected chi connectivity index (χ1v) is 9.35. The van der Waals surface area contributed by atoms with Crippen LogP contribution in [0.25, 0.3) is 0 Å². The highest BCUT2D eigenvalue weighted by Crippen LogP contribution is 2.20. The van der Waals surface area contributed by atoms with Crippen molar-refractivity contribution in [2.75, 3.05) is 25.7 Å². The zero-order valence-corrected chi connectivity index (χ0v) is 17.9. The first-order valence-electron chi connectivity index (χ1n) is 8.19. The van der Waals surface area contributed by atoms with Gasteiger partial charge in [0.25, 0.3) is 0 Å². The Morgan fingerprint density at radius 1 is 0.852 bits per heavy atom. The largest absolute Gasteiger partial charge is 0.468 e. The van der Waals surface area contributed by atoms with Crippen LogP contribution in [0.5, 0.6) is 0 Å². The van der Waals surface area contributed by atoms with Gasteiger partial charge in [-0.25, -0.2) is 14.4 Å². The predicted octanol–water partition coefficient (Wildman–Crippen LogP) is 2.61. The van der Waals surface area contributed by atoms with Crippen LogP contribution in [-0.4, -0.2) is 72.0 Å². The molecule has 0 saturated heterocycles. The van der Waals surface area contributed by atoms with Crippen LogP contribution in [0, 0.1) is 0 Å². The van der Waals surface area contributed by atoms with E-state index in [1.807, 2.05) is 0 Å². The van der Waals surface area contributed by atoms with E-state index in [2.05, 4.69) is 4.74 Å². The molecule has 2 amide bonds. The van der Waals surface area contributed by atoms with E-state index in [0.717, 1.165) is 18.9 Å². The summed E-state index contributed by atoms with van der Waals surface area (Å²) >= 11 is 1.00. The summed E-state index contributed by atoms with van der Waals surface area (Å²) in [6.45, 7) is 9.73. The van der Waals surface area contributed by atoms with E-state index >= 15 is 0 Å². The summed E-state index contributed by atoms with van der Waals surface area (Å²) in [5, 5.41) is 0. The van der Waals surface area contributed by atoms with Crippen molar-refractivity contribution in [2.24, 2.45) is 0 Å². The van der Waals surface area contributed by atoms with Crippen LogP contribution in [0.2, 0.25) is 0 Å². The van der Waals surface area contributed by atoms with Crippen molar-refractivity contribution < 1.29 is 38.1 Å². The molecule has 10 heteroatoms. The lowest BCUT2D eigenvalue weighted by atomic mass is 10.2. The monoisotopic (exact) mass is 407 g/mol. The summed E-state index contributed by atoms with van der Waals surface area (Å²) in [7, 11) is 2.36. The maximum absolute atomic E-state index is 12.6. The lowest BCUT2D eigenvalue weighted by Crippen LogP contribution is -2.53. The molecule has 27 heavy (non-hydrogen) atoms. The van der Waals surface area contributed by atoms with E-state index < -0.39 is 41.4 Å². The lowest BCUT2D eigenvalue weighted by molar-refractivity contribution is -0.145. The van der Waals surface area contributed by atoms with Crippen molar-refractivity contribution >= 4 is 35.9 Å². The molecule has 0 aromatic carbocycles. The summed E-state index contributed by atoms with van der Waals surface area (Å²) in [5.74, 6) is -1.52. The molecule has 0 radical (unpaired) electrons. The highest BCUT2D eigenvalue weighted by Gasteiger charge is 2.41. The van der Waals surface area contributed by atoms with E-state index in [4.69, 9.17) is 14.2 Å². The number of imide groups is 1. The number of thioether (sulfide) groups is 1. The molecule has 0 bridgehead atoms. The highest BCUT2D eigenvalue weighted by molar-refractivity contribution is 8.00. The maximum Gasteiger partial charge on any atom is 0.420 e. The number of ether oxygens (including phenoxy) is 4. The van der Waals surface area contributed by atoms with Crippen molar-refractivity contribution in [2.45, 2.75) is 58.8 Å². The van der Waals surface area contributed by atoms with Crippen LogP contribution in [0.15, 0.2) is 0 Å². The summed E-state index contributed by atoms with van der Waals surface area (Å²) < 4.78 is 19.7. The number of nitrogens with zero attached hydrogens (tertiary/aromatic N) is 1. The Labute approximate surface area is 164 Å². The normalized spacial score (nSPS) is 12.6. The molecule has 0 N–H and O–H groups in total. The number of rotatable bonds is 6. The van der Waals surface area contributed by atoms with Crippen molar-refractivity contribution in [1.82, 2.24) is 4.90 Å². The second-order valence-corrected chi connectivity index (χ2v) is 8.49. The molecule has 0 aliphatic carbocycles. The molecule has 0 saturated carbocycles. The molecule has 1 atom stereocenters. The number of amides is 2. The van der Waals surface area contributed by atoms with E-state index in [1.54, 1.807) is 41.5 Å². The van der Waals surface area contributed by atoms with Crippen LogP contribution >= 0.6 is 11.8 Å². The minimum atomic E-state index is -1.34. The van der Waals surface area contributed by atoms with Gasteiger partial charge in [-0.1, -0.05) is 0 Å². The van der Waals surface area contributed by atoms with Crippen LogP contribution in [0.3, 0.4) is 0 Å². The predicted molar refractivity (Wildman–Crippen MR) is 99.5 cm³/mol. The number of esters is 2. The van der Waals surface area contributed by atoms with Crippen molar-refractivity contribution in [3.63, 3.8) is 0 Å². The van der Waals surface area contributed by atoms with Crippen LogP contribution < -0.4 is 0 Å². The molecule has 1 unspecified atom stereocenters. The third-order valence-corrected chi connectivity index (χ3v) is 3.68. The first kappa shape index (κ1) is 25.0. The van der Waals surface area contributed by atoms with E-state index in [9.17, 15) is 19.2 Å². The molecule has 0 spiro atoms. The summed E-state index contributed by atoms with van der Waals surface area (Å²) in [4.78, 5) is 49.3. The Bertz CT molecular complexity index is 522. The van der Waals surface area contributed by atoms with E-state index in [1.165, 1.54) is 7.11 Å². The van der Waals surface area contributed by atoms with Gasteiger partial charge < -0.3 is 18.9 Å². The number of hydrogen-bond acceptors (Lipinski definition) is 9. The SMILES string of the molecule is COC(=O)CSCC(C(=O)OC)N(C(=O)OC(C)(C)C)C(=O)OC(C)(C)C. The van der Waals surface area contributed by atoms with Gasteiger partial charge in [0, 0.05) is 5.75 Å². The minimum absolute atomic E-state index is 0.0690. The summed E-state index contributed by atoms with van der Waals surface area (Å²) in [5.41, 5.74) is -1.81. The summed E-state index contributed by atoms with van der Waals surface area (Å²) in [6, 6.07) is -1.34. The Kier molecular flexibility index (Phi) is 9.63. The standard InChI is InChI=1S/C17H29NO8S/c1-16(2,3)25-14(21)18(15(22)26-17(4,5)6)11(13(20)24-8)9-27-10-12(19)23-7/h11H,9-10H2,1-8H3. The summed E-state index contributed by atoms with van der Waals surface area (Å²) in [6.07, 6.45) is -2.10. The van der Waals surface area contributed by atoms with Gasteiger partial charge in [-0.2, -0.15) is 4.90 Å². The van der Waals surface area contributed by atoms with Gasteiger partial charge in [0.05, 0.1) is 20.0 Å². The van der Waals surface area contributed by atoms with Crippen molar-refractivity contribution in [3.8, 4) is 0 Å². The fraction of sp³-hybridized carbons (Fsp3) is 0.765. The van der Waals surface area contributed by atoms with Gasteiger partial charge in [-0.05, 0) is 41.5 Å². The molecule has 156 valence electrons. The molecular weight excluding hydrogens is 378 g/mol. The lowest BCUT2D eigenvalue weighted by Gasteiger charge is -2.32. The quantitative estimate of drug-likeness (QED) is 0.485. The number of carbonyl (C=O) groups excluding carboxylic acids is 4. The Morgan fingerprint density at radius 3 is 1.63 bits per heavy atom. The van der Waals surface area contributed by atoms with Gasteiger partial charge in [-0.15, -0.1) is 11.8 Å². The fourth-order valence-electron chi connectivity index (χ4n) is 1.65. The zero-order valence-electron chi connectivity index (χ0n) is 17.1. The highest BCUT2D eigenvalue weighted by atomic mass is 32.2. The van der Waals surface area contributed by atoms with Crippen LogP contribution in [0.4, 0.5) is 9.59 Å². The van der Waals surface area contributed by atoms with Gasteiger partial charge in [0.1, 0.15) is 11.2 Å². The molecule has 0 rings (SSSR count). The van der Waals surface area contributed by atoms with Gasteiger partial charge in [0.15, 0.2) is 6.04 Å². The second kappa shape index (κ2) is 10.4. The number of carbonyl (C=O) groups is 4. The Morgan fingerprint density at radius 2 is 1.30 bits per heavy atom. The molecule has 0 aliphatic heterocycles. The second-order valence-electron chi connectivity index (χ2n) is 7.46.